The lowest BCUT2D eigenvalue weighted by Crippen LogP contribution is -2.16. The molecule has 0 aliphatic carbocycles. The number of nitrogens with one attached hydrogen (secondary N) is 1. The van der Waals surface area contributed by atoms with E-state index in [0.29, 0.717) is 50.7 Å². The van der Waals surface area contributed by atoms with Crippen LogP contribution in [0.3, 0.4) is 0 Å². The topological polar surface area (TPSA) is 137 Å². The number of carbonyl (C=O) groups is 4. The van der Waals surface area contributed by atoms with Gasteiger partial charge in [-0.3, -0.25) is 19.0 Å². The Labute approximate surface area is 299 Å². The van der Waals surface area contributed by atoms with Crippen LogP contribution < -0.4 is 10.1 Å². The van der Waals surface area contributed by atoms with Crippen molar-refractivity contribution >= 4 is 52.1 Å². The highest BCUT2D eigenvalue weighted by molar-refractivity contribution is 6.30. The normalized spacial score (nSPS) is 10.5. The zero-order valence-electron chi connectivity index (χ0n) is 27.8. The number of fused-ring (bicyclic) bond motifs is 1. The van der Waals surface area contributed by atoms with E-state index in [2.05, 4.69) is 22.4 Å². The second-order valence-electron chi connectivity index (χ2n) is 11.3. The number of rotatable bonds is 10. The van der Waals surface area contributed by atoms with Crippen LogP contribution in [0.4, 0.5) is 5.82 Å². The predicted molar refractivity (Wildman–Crippen MR) is 195 cm³/mol. The number of carbonyl (C=O) groups excluding carboxylic acids is 3. The summed E-state index contributed by atoms with van der Waals surface area (Å²) in [5.74, 6) is -1.14. The molecule has 4 aromatic carbocycles. The molecular formula is C40H34ClN3O7. The van der Waals surface area contributed by atoms with E-state index in [1.165, 1.54) is 17.2 Å². The largest absolute Gasteiger partial charge is 0.497 e. The van der Waals surface area contributed by atoms with Gasteiger partial charge in [-0.25, -0.2) is 9.78 Å². The van der Waals surface area contributed by atoms with Gasteiger partial charge in [0.15, 0.2) is 6.61 Å². The van der Waals surface area contributed by atoms with Crippen molar-refractivity contribution in [3.8, 4) is 16.9 Å². The Kier molecular flexibility index (Phi) is 11.9. The highest BCUT2D eigenvalue weighted by Crippen LogP contribution is 2.31. The molecule has 2 heterocycles. The van der Waals surface area contributed by atoms with Crippen LogP contribution >= 0.6 is 11.6 Å². The van der Waals surface area contributed by atoms with Crippen LogP contribution in [0.25, 0.3) is 22.0 Å². The monoisotopic (exact) mass is 703 g/mol. The summed E-state index contributed by atoms with van der Waals surface area (Å²) in [6, 6.07) is 35.4. The lowest BCUT2D eigenvalue weighted by Gasteiger charge is -2.08. The molecule has 0 atom stereocenters. The molecule has 0 saturated heterocycles. The Bertz CT molecular complexity index is 2150. The molecule has 11 heteroatoms. The zero-order valence-corrected chi connectivity index (χ0v) is 28.6. The minimum atomic E-state index is -1.24. The average molecular weight is 704 g/mol. The molecule has 10 nitrogen and oxygen atoms in total. The summed E-state index contributed by atoms with van der Waals surface area (Å²) in [5, 5.41) is 12.6. The fraction of sp³-hybridized carbons (Fsp3) is 0.125. The van der Waals surface area contributed by atoms with Gasteiger partial charge in [-0.05, 0) is 83.8 Å². The van der Waals surface area contributed by atoms with Crippen molar-refractivity contribution in [2.75, 3.05) is 19.0 Å². The number of carboxylic acids is 1. The maximum absolute atomic E-state index is 13.2. The third-order valence-corrected chi connectivity index (χ3v) is 8.12. The number of carboxylic acid groups (broad SMARTS) is 1. The van der Waals surface area contributed by atoms with Crippen molar-refractivity contribution in [2.45, 2.75) is 19.8 Å². The number of anilines is 1. The van der Waals surface area contributed by atoms with Crippen LogP contribution in [-0.2, 0) is 32.0 Å². The summed E-state index contributed by atoms with van der Waals surface area (Å²) >= 11 is 5.91. The maximum atomic E-state index is 13.2. The van der Waals surface area contributed by atoms with E-state index in [4.69, 9.17) is 26.2 Å². The van der Waals surface area contributed by atoms with Gasteiger partial charge in [0.05, 0.1) is 25.5 Å². The Morgan fingerprint density at radius 1 is 0.824 bits per heavy atom. The number of methoxy groups -OCH3 is 1. The molecule has 0 aliphatic rings. The Balaban J connectivity index is 0.000000205. The van der Waals surface area contributed by atoms with E-state index < -0.39 is 18.5 Å². The van der Waals surface area contributed by atoms with Crippen LogP contribution in [-0.4, -0.2) is 52.1 Å². The van der Waals surface area contributed by atoms with Crippen molar-refractivity contribution in [2.24, 2.45) is 0 Å². The number of aliphatic carboxylic acids is 1. The molecule has 1 amide bonds. The number of hydrogen-bond donors (Lipinski definition) is 2. The molecule has 0 radical (unpaired) electrons. The first-order valence-corrected chi connectivity index (χ1v) is 16.2. The van der Waals surface area contributed by atoms with Gasteiger partial charge in [-0.2, -0.15) is 0 Å². The predicted octanol–water partition coefficient (Wildman–Crippen LogP) is 7.40. The fourth-order valence-electron chi connectivity index (χ4n) is 5.39. The summed E-state index contributed by atoms with van der Waals surface area (Å²) in [6.45, 7) is 1.00. The number of amides is 1. The average Bonchev–Trinajstić information content (AvgIpc) is 3.41. The fourth-order valence-corrected chi connectivity index (χ4v) is 5.51. The van der Waals surface area contributed by atoms with Gasteiger partial charge in [0.1, 0.15) is 11.6 Å². The lowest BCUT2D eigenvalue weighted by atomic mass is 10.0. The van der Waals surface area contributed by atoms with Gasteiger partial charge in [0.2, 0.25) is 5.91 Å². The smallest absolute Gasteiger partial charge is 0.341 e. The van der Waals surface area contributed by atoms with E-state index in [-0.39, 0.29) is 18.2 Å². The molecule has 6 rings (SSSR count). The molecule has 2 N–H and O–H groups in total. The van der Waals surface area contributed by atoms with Crippen LogP contribution in [0.5, 0.6) is 5.75 Å². The Morgan fingerprint density at radius 3 is 2.16 bits per heavy atom. The van der Waals surface area contributed by atoms with Crippen molar-refractivity contribution in [1.29, 1.82) is 0 Å². The van der Waals surface area contributed by atoms with Gasteiger partial charge >= 0.3 is 11.9 Å². The molecular weight excluding hydrogens is 670 g/mol. The highest BCUT2D eigenvalue weighted by atomic mass is 35.5. The maximum Gasteiger partial charge on any atom is 0.341 e. The highest BCUT2D eigenvalue weighted by Gasteiger charge is 2.23. The Morgan fingerprint density at radius 2 is 1.51 bits per heavy atom. The van der Waals surface area contributed by atoms with E-state index in [1.807, 2.05) is 54.6 Å². The van der Waals surface area contributed by atoms with Gasteiger partial charge in [0, 0.05) is 27.9 Å². The zero-order chi connectivity index (χ0) is 36.3. The summed E-state index contributed by atoms with van der Waals surface area (Å²) in [5.41, 5.74) is 5.46. The van der Waals surface area contributed by atoms with E-state index in [0.717, 1.165) is 11.1 Å². The quantitative estimate of drug-likeness (QED) is 0.141. The van der Waals surface area contributed by atoms with Crippen molar-refractivity contribution < 1.29 is 33.8 Å². The van der Waals surface area contributed by atoms with Crippen LogP contribution in [0, 0.1) is 6.92 Å². The molecule has 0 fully saturated rings. The molecule has 51 heavy (non-hydrogen) atoms. The number of ether oxygens (including phenoxy) is 2. The first kappa shape index (κ1) is 36.0. The minimum absolute atomic E-state index is 0.0637. The number of hydrogen-bond acceptors (Lipinski definition) is 7. The molecule has 258 valence electrons. The molecule has 0 spiro atoms. The molecule has 0 aliphatic heterocycles. The van der Waals surface area contributed by atoms with Crippen molar-refractivity contribution in [3.05, 3.63) is 149 Å². The summed E-state index contributed by atoms with van der Waals surface area (Å²) in [4.78, 5) is 52.0. The second-order valence-corrected chi connectivity index (χ2v) is 11.8. The lowest BCUT2D eigenvalue weighted by molar-refractivity contribution is -0.154. The third-order valence-electron chi connectivity index (χ3n) is 7.87. The van der Waals surface area contributed by atoms with E-state index >= 15 is 0 Å². The Hall–Kier alpha value is -6.26. The van der Waals surface area contributed by atoms with Crippen molar-refractivity contribution in [3.63, 3.8) is 0 Å². The first-order valence-electron chi connectivity index (χ1n) is 15.8. The molecule has 0 unspecified atom stereocenters. The van der Waals surface area contributed by atoms with Gasteiger partial charge in [-0.15, -0.1) is 0 Å². The third kappa shape index (κ3) is 9.46. The summed E-state index contributed by atoms with van der Waals surface area (Å²) in [6.07, 6.45) is 1.82. The van der Waals surface area contributed by atoms with Crippen LogP contribution in [0.2, 0.25) is 5.02 Å². The van der Waals surface area contributed by atoms with Gasteiger partial charge in [-0.1, -0.05) is 72.3 Å². The molecule has 0 saturated carbocycles. The number of nitrogens with zero attached hydrogens (tertiary/aromatic N) is 2. The molecule has 0 bridgehead atoms. The second kappa shape index (κ2) is 16.9. The first-order chi connectivity index (χ1) is 24.6. The minimum Gasteiger partial charge on any atom is -0.497 e. The number of esters is 1. The standard InChI is InChI=1S/C21H18ClNO6.C19H16N2O/c1-12-16(10-20(26)29-11-19(24)25)17-9-15(28-2)7-8-18(17)23(12)21(27)13-3-5-14(22)6-4-13;22-19(21-18-8-4-5-13-20-18)14-15-9-11-17(12-10-15)16-6-2-1-3-7-16/h3-9H,10-11H2,1-2H3,(H,24,25);1-13H,14H2,(H,20,21,22). The molecule has 6 aromatic rings. The number of benzene rings is 4. The summed E-state index contributed by atoms with van der Waals surface area (Å²) < 4.78 is 11.5. The number of aromatic nitrogens is 2. The van der Waals surface area contributed by atoms with Crippen LogP contribution in [0.1, 0.15) is 27.2 Å². The number of pyridine rings is 1. The summed E-state index contributed by atoms with van der Waals surface area (Å²) in [7, 11) is 1.52. The SMILES string of the molecule is COc1ccc2c(c1)c(CC(=O)OCC(=O)O)c(C)n2C(=O)c1ccc(Cl)cc1.O=C(Cc1ccc(-c2ccccc2)cc1)Nc1ccccn1. The molecule has 2 aromatic heterocycles. The van der Waals surface area contributed by atoms with E-state index in [1.54, 1.807) is 61.7 Å². The van der Waals surface area contributed by atoms with E-state index in [9.17, 15) is 19.2 Å². The van der Waals surface area contributed by atoms with Gasteiger partial charge in [0.25, 0.3) is 5.91 Å². The number of halogens is 1. The van der Waals surface area contributed by atoms with Crippen molar-refractivity contribution in [1.82, 2.24) is 9.55 Å². The van der Waals surface area contributed by atoms with Gasteiger partial charge < -0.3 is 19.9 Å². The van der Waals surface area contributed by atoms with Crippen LogP contribution in [0.15, 0.2) is 121 Å².